The van der Waals surface area contributed by atoms with Crippen molar-refractivity contribution in [2.24, 2.45) is 0 Å². The zero-order chi connectivity index (χ0) is 29.2. The van der Waals surface area contributed by atoms with Gasteiger partial charge in [0.05, 0.1) is 13.2 Å². The first-order valence-electron chi connectivity index (χ1n) is 12.6. The Kier molecular flexibility index (Phi) is 11.6. The molecule has 1 aliphatic carbocycles. The minimum absolute atomic E-state index is 0.0764. The minimum atomic E-state index is -5.08. The van der Waals surface area contributed by atoms with Crippen LogP contribution < -0.4 is 25.0 Å². The number of hydrogen-bond donors (Lipinski definition) is 3. The Bertz CT molecular complexity index is 1110. The van der Waals surface area contributed by atoms with Crippen LogP contribution in [0.25, 0.3) is 0 Å². The van der Waals surface area contributed by atoms with Crippen LogP contribution in [0, 0.1) is 6.92 Å². The summed E-state index contributed by atoms with van der Waals surface area (Å²) in [7, 11) is 3.88. The lowest BCUT2D eigenvalue weighted by Crippen LogP contribution is -2.40. The van der Waals surface area contributed by atoms with Crippen molar-refractivity contribution in [1.29, 1.82) is 0 Å². The molecule has 0 saturated heterocycles. The van der Waals surface area contributed by atoms with Gasteiger partial charge in [0.25, 0.3) is 5.91 Å². The summed E-state index contributed by atoms with van der Waals surface area (Å²) in [4.78, 5) is 32.6. The molecule has 1 aromatic heterocycles. The summed E-state index contributed by atoms with van der Waals surface area (Å²) >= 11 is 0. The topological polar surface area (TPSA) is 126 Å². The largest absolute Gasteiger partial charge is 0.490 e. The van der Waals surface area contributed by atoms with Gasteiger partial charge in [-0.2, -0.15) is 18.2 Å². The molecule has 1 amide bonds. The second-order valence-corrected chi connectivity index (χ2v) is 9.09. The molecule has 1 heterocycles. The number of carboxylic acid groups (broad SMARTS) is 1. The SMILES string of the molecule is CCOc1ccc(C(=O)NC2CCC(Nc3cc(C)nc(N(C)C)n3)CC2)cc1OCC.O=C(O)C(F)(F)F. The summed E-state index contributed by atoms with van der Waals surface area (Å²) in [6.07, 6.45) is -1.30. The lowest BCUT2D eigenvalue weighted by Gasteiger charge is -2.30. The molecule has 10 nitrogen and oxygen atoms in total. The molecule has 1 aromatic carbocycles. The van der Waals surface area contributed by atoms with E-state index in [1.165, 1.54) is 0 Å². The number of carbonyl (C=O) groups excluding carboxylic acids is 1. The van der Waals surface area contributed by atoms with Gasteiger partial charge in [0.2, 0.25) is 5.95 Å². The first-order valence-corrected chi connectivity index (χ1v) is 12.6. The molecule has 0 radical (unpaired) electrons. The summed E-state index contributed by atoms with van der Waals surface area (Å²) in [5, 5.41) is 13.8. The monoisotopic (exact) mass is 555 g/mol. The van der Waals surface area contributed by atoms with Crippen molar-refractivity contribution in [1.82, 2.24) is 15.3 Å². The van der Waals surface area contributed by atoms with E-state index in [1.807, 2.05) is 45.8 Å². The molecule has 0 bridgehead atoms. The summed E-state index contributed by atoms with van der Waals surface area (Å²) in [6.45, 7) is 6.88. The number of aryl methyl sites for hydroxylation is 1. The lowest BCUT2D eigenvalue weighted by molar-refractivity contribution is -0.192. The van der Waals surface area contributed by atoms with Gasteiger partial charge in [-0.25, -0.2) is 9.78 Å². The van der Waals surface area contributed by atoms with Crippen molar-refractivity contribution in [3.63, 3.8) is 0 Å². The smallest absolute Gasteiger partial charge is 0.490 e. The van der Waals surface area contributed by atoms with Crippen LogP contribution in [-0.2, 0) is 4.79 Å². The van der Waals surface area contributed by atoms with Gasteiger partial charge in [0.15, 0.2) is 11.5 Å². The van der Waals surface area contributed by atoms with E-state index in [1.54, 1.807) is 18.2 Å². The number of aromatic nitrogens is 2. The molecule has 3 N–H and O–H groups in total. The summed E-state index contributed by atoms with van der Waals surface area (Å²) in [5.41, 5.74) is 1.53. The highest BCUT2D eigenvalue weighted by atomic mass is 19.4. The summed E-state index contributed by atoms with van der Waals surface area (Å²) in [6, 6.07) is 7.82. The van der Waals surface area contributed by atoms with Crippen LogP contribution in [-0.4, -0.2) is 72.5 Å². The number of halogens is 3. The van der Waals surface area contributed by atoms with Gasteiger partial charge in [-0.15, -0.1) is 0 Å². The summed E-state index contributed by atoms with van der Waals surface area (Å²) in [5.74, 6) is -0.0104. The number of carboxylic acids is 1. The first-order chi connectivity index (χ1) is 18.3. The highest BCUT2D eigenvalue weighted by Gasteiger charge is 2.38. The molecule has 216 valence electrons. The number of nitrogens with one attached hydrogen (secondary N) is 2. The van der Waals surface area contributed by atoms with E-state index in [4.69, 9.17) is 19.4 Å². The molecule has 1 saturated carbocycles. The average molecular weight is 556 g/mol. The van der Waals surface area contributed by atoms with Gasteiger partial charge >= 0.3 is 12.1 Å². The number of anilines is 2. The quantitative estimate of drug-likeness (QED) is 0.412. The lowest BCUT2D eigenvalue weighted by atomic mass is 9.91. The van der Waals surface area contributed by atoms with E-state index >= 15 is 0 Å². The van der Waals surface area contributed by atoms with Gasteiger partial charge in [-0.05, 0) is 64.7 Å². The molecule has 0 aliphatic heterocycles. The molecular formula is C26H36F3N5O5. The predicted octanol–water partition coefficient (Wildman–Crippen LogP) is 4.43. The average Bonchev–Trinajstić information content (AvgIpc) is 2.86. The molecule has 39 heavy (non-hydrogen) atoms. The number of benzene rings is 1. The van der Waals surface area contributed by atoms with Crippen molar-refractivity contribution < 1.29 is 37.3 Å². The second-order valence-electron chi connectivity index (χ2n) is 9.09. The molecule has 2 aromatic rings. The van der Waals surface area contributed by atoms with Gasteiger partial charge in [-0.3, -0.25) is 4.79 Å². The number of ether oxygens (including phenoxy) is 2. The van der Waals surface area contributed by atoms with Crippen molar-refractivity contribution in [3.05, 3.63) is 35.5 Å². The molecule has 1 fully saturated rings. The Morgan fingerprint density at radius 3 is 2.10 bits per heavy atom. The number of alkyl halides is 3. The van der Waals surface area contributed by atoms with Gasteiger partial charge in [0, 0.05) is 43.5 Å². The highest BCUT2D eigenvalue weighted by molar-refractivity contribution is 5.95. The fourth-order valence-corrected chi connectivity index (χ4v) is 3.88. The minimum Gasteiger partial charge on any atom is -0.490 e. The number of amides is 1. The first kappa shape index (κ1) is 31.4. The zero-order valence-electron chi connectivity index (χ0n) is 22.8. The standard InChI is InChI=1S/C24H35N5O3.C2HF3O2/c1-6-31-20-13-8-17(15-21(20)32-7-2)23(30)27-19-11-9-18(10-12-19)26-22-14-16(3)25-24(28-22)29(4)5;3-2(4,5)1(6)7/h8,13-15,18-19H,6-7,9-12H2,1-5H3,(H,27,30)(H,25,26,28);(H,6,7). The number of nitrogens with zero attached hydrogens (tertiary/aromatic N) is 3. The molecule has 1 aliphatic rings. The molecule has 13 heteroatoms. The maximum absolute atomic E-state index is 12.8. The van der Waals surface area contributed by atoms with Crippen molar-refractivity contribution >= 4 is 23.6 Å². The molecular weight excluding hydrogens is 519 g/mol. The fourth-order valence-electron chi connectivity index (χ4n) is 3.88. The Labute approximate surface area is 225 Å². The molecule has 3 rings (SSSR count). The number of rotatable bonds is 9. The van der Waals surface area contributed by atoms with Crippen molar-refractivity contribution in [3.8, 4) is 11.5 Å². The third-order valence-electron chi connectivity index (χ3n) is 5.70. The van der Waals surface area contributed by atoms with Crippen LogP contribution in [0.2, 0.25) is 0 Å². The Morgan fingerprint density at radius 2 is 1.56 bits per heavy atom. The second kappa shape index (κ2) is 14.4. The van der Waals surface area contributed by atoms with E-state index in [0.717, 1.165) is 37.2 Å². The van der Waals surface area contributed by atoms with E-state index < -0.39 is 12.1 Å². The van der Waals surface area contributed by atoms with E-state index in [-0.39, 0.29) is 11.9 Å². The Balaban J connectivity index is 0.000000673. The zero-order valence-corrected chi connectivity index (χ0v) is 22.8. The van der Waals surface area contributed by atoms with Crippen LogP contribution in [0.3, 0.4) is 0 Å². The van der Waals surface area contributed by atoms with Crippen LogP contribution in [0.15, 0.2) is 24.3 Å². The highest BCUT2D eigenvalue weighted by Crippen LogP contribution is 2.29. The van der Waals surface area contributed by atoms with Crippen LogP contribution in [0.5, 0.6) is 11.5 Å². The molecule has 0 spiro atoms. The van der Waals surface area contributed by atoms with E-state index in [0.29, 0.717) is 42.3 Å². The van der Waals surface area contributed by atoms with Crippen LogP contribution in [0.4, 0.5) is 24.9 Å². The van der Waals surface area contributed by atoms with Crippen LogP contribution in [0.1, 0.15) is 55.6 Å². The normalized spacial score (nSPS) is 16.8. The predicted molar refractivity (Wildman–Crippen MR) is 141 cm³/mol. The number of aliphatic carboxylic acids is 1. The third kappa shape index (κ3) is 10.1. The van der Waals surface area contributed by atoms with Gasteiger partial charge in [-0.1, -0.05) is 0 Å². The summed E-state index contributed by atoms with van der Waals surface area (Å²) < 4.78 is 43.0. The van der Waals surface area contributed by atoms with E-state index in [2.05, 4.69) is 20.6 Å². The van der Waals surface area contributed by atoms with Gasteiger partial charge in [0.1, 0.15) is 5.82 Å². The molecule has 0 unspecified atom stereocenters. The number of carbonyl (C=O) groups is 2. The van der Waals surface area contributed by atoms with Gasteiger partial charge < -0.3 is 30.1 Å². The fraction of sp³-hybridized carbons (Fsp3) is 0.538. The van der Waals surface area contributed by atoms with Crippen molar-refractivity contribution in [2.75, 3.05) is 37.5 Å². The maximum atomic E-state index is 12.8. The number of hydrogen-bond acceptors (Lipinski definition) is 8. The van der Waals surface area contributed by atoms with E-state index in [9.17, 15) is 18.0 Å². The Morgan fingerprint density at radius 1 is 1.00 bits per heavy atom. The van der Waals surface area contributed by atoms with Crippen molar-refractivity contribution in [2.45, 2.75) is 64.7 Å². The third-order valence-corrected chi connectivity index (χ3v) is 5.70. The van der Waals surface area contributed by atoms with Crippen LogP contribution >= 0.6 is 0 Å². The maximum Gasteiger partial charge on any atom is 0.490 e. The Hall–Kier alpha value is -3.77. The molecule has 0 atom stereocenters.